The van der Waals surface area contributed by atoms with Crippen LogP contribution < -0.4 is 5.32 Å². The van der Waals surface area contributed by atoms with Crippen LogP contribution in [0.15, 0.2) is 35.7 Å². The van der Waals surface area contributed by atoms with E-state index >= 15 is 0 Å². The number of aryl methyl sites for hydroxylation is 1. The van der Waals surface area contributed by atoms with Crippen molar-refractivity contribution in [3.8, 4) is 0 Å². The van der Waals surface area contributed by atoms with Crippen LogP contribution in [0.1, 0.15) is 42.2 Å². The Balaban J connectivity index is 1.90. The Morgan fingerprint density at radius 3 is 2.65 bits per heavy atom. The first-order chi connectivity index (χ1) is 9.75. The average molecular weight is 306 g/mol. The molecule has 3 rings (SSSR count). The monoisotopic (exact) mass is 305 g/mol. The lowest BCUT2D eigenvalue weighted by Crippen LogP contribution is -2.18. The van der Waals surface area contributed by atoms with Gasteiger partial charge in [0.05, 0.1) is 16.8 Å². The molecular weight excluding hydrogens is 286 g/mol. The Hall–Kier alpha value is -0.990. The van der Waals surface area contributed by atoms with Crippen molar-refractivity contribution < 1.29 is 0 Å². The quantitative estimate of drug-likeness (QED) is 0.724. The fraction of sp³-hybridized carbons (Fsp3) is 0.412. The van der Waals surface area contributed by atoms with E-state index in [2.05, 4.69) is 35.8 Å². The third kappa shape index (κ3) is 2.87. The first-order valence-electron chi connectivity index (χ1n) is 7.31. The van der Waals surface area contributed by atoms with Gasteiger partial charge in [0.15, 0.2) is 0 Å². The molecule has 2 aromatic rings. The number of halogens is 1. The lowest BCUT2D eigenvalue weighted by molar-refractivity contribution is 0.475. The summed E-state index contributed by atoms with van der Waals surface area (Å²) in [6.07, 6.45) is 5.35. The van der Waals surface area contributed by atoms with Gasteiger partial charge in [-0.05, 0) is 48.8 Å². The van der Waals surface area contributed by atoms with Crippen molar-refractivity contribution in [3.63, 3.8) is 0 Å². The maximum Gasteiger partial charge on any atom is 0.0640 e. The van der Waals surface area contributed by atoms with E-state index in [1.807, 2.05) is 23.5 Å². The Bertz CT molecular complexity index is 538. The summed E-state index contributed by atoms with van der Waals surface area (Å²) < 4.78 is 0. The highest BCUT2D eigenvalue weighted by Gasteiger charge is 2.27. The van der Waals surface area contributed by atoms with Crippen molar-refractivity contribution >= 4 is 28.6 Å². The lowest BCUT2D eigenvalue weighted by atomic mass is 9.96. The first-order valence-corrected chi connectivity index (χ1v) is 8.56. The zero-order valence-electron chi connectivity index (χ0n) is 11.7. The highest BCUT2D eigenvalue weighted by atomic mass is 35.5. The molecule has 1 N–H and O–H groups in total. The maximum atomic E-state index is 6.38. The number of nitrogens with one attached hydrogen (secondary N) is 1. The summed E-state index contributed by atoms with van der Waals surface area (Å²) in [6.45, 7) is 2.12. The van der Waals surface area contributed by atoms with E-state index in [1.54, 1.807) is 0 Å². The number of para-hydroxylation sites is 1. The van der Waals surface area contributed by atoms with E-state index in [0.29, 0.717) is 6.04 Å². The van der Waals surface area contributed by atoms with Gasteiger partial charge in [-0.3, -0.25) is 0 Å². The Morgan fingerprint density at radius 1 is 1.20 bits per heavy atom. The van der Waals surface area contributed by atoms with E-state index in [0.717, 1.165) is 16.6 Å². The van der Waals surface area contributed by atoms with E-state index in [4.69, 9.17) is 11.6 Å². The summed E-state index contributed by atoms with van der Waals surface area (Å²) in [5, 5.41) is 6.73. The van der Waals surface area contributed by atoms with Gasteiger partial charge < -0.3 is 5.32 Å². The summed E-state index contributed by atoms with van der Waals surface area (Å²) in [7, 11) is 0. The predicted octanol–water partition coefficient (Wildman–Crippen LogP) is 6.05. The van der Waals surface area contributed by atoms with Crippen LogP contribution in [0.5, 0.6) is 0 Å². The minimum absolute atomic E-state index is 0.399. The molecule has 3 heteroatoms. The van der Waals surface area contributed by atoms with Gasteiger partial charge in [-0.15, -0.1) is 11.3 Å². The molecule has 0 saturated heterocycles. The molecule has 1 atom stereocenters. The van der Waals surface area contributed by atoms with Gasteiger partial charge in [-0.1, -0.05) is 42.6 Å². The molecule has 1 nitrogen and oxygen atoms in total. The smallest absolute Gasteiger partial charge is 0.0640 e. The van der Waals surface area contributed by atoms with Crippen molar-refractivity contribution in [2.24, 2.45) is 5.92 Å². The molecule has 0 spiro atoms. The van der Waals surface area contributed by atoms with E-state index in [-0.39, 0.29) is 0 Å². The van der Waals surface area contributed by atoms with Gasteiger partial charge in [0.25, 0.3) is 0 Å². The van der Waals surface area contributed by atoms with Crippen LogP contribution in [-0.2, 0) is 0 Å². The van der Waals surface area contributed by atoms with E-state index in [1.165, 1.54) is 36.1 Å². The first kappa shape index (κ1) is 14.0. The fourth-order valence-corrected chi connectivity index (χ4v) is 4.30. The van der Waals surface area contributed by atoms with E-state index < -0.39 is 0 Å². The summed E-state index contributed by atoms with van der Waals surface area (Å²) >= 11 is 8.23. The number of hydrogen-bond acceptors (Lipinski definition) is 2. The average Bonchev–Trinajstić information content (AvgIpc) is 3.12. The molecule has 1 aliphatic rings. The van der Waals surface area contributed by atoms with Crippen molar-refractivity contribution in [3.05, 3.63) is 51.2 Å². The van der Waals surface area contributed by atoms with Crippen molar-refractivity contribution in [1.29, 1.82) is 0 Å². The Kier molecular flexibility index (Phi) is 4.32. The van der Waals surface area contributed by atoms with Gasteiger partial charge in [0, 0.05) is 4.88 Å². The maximum absolute atomic E-state index is 6.38. The van der Waals surface area contributed by atoms with Crippen molar-refractivity contribution in [1.82, 2.24) is 0 Å². The summed E-state index contributed by atoms with van der Waals surface area (Å²) in [6, 6.07) is 10.9. The topological polar surface area (TPSA) is 12.0 Å². The second kappa shape index (κ2) is 6.19. The molecule has 1 saturated carbocycles. The molecule has 0 amide bonds. The number of anilines is 1. The molecule has 1 fully saturated rings. The van der Waals surface area contributed by atoms with Crippen LogP contribution in [0.25, 0.3) is 0 Å². The van der Waals surface area contributed by atoms with Gasteiger partial charge in [-0.25, -0.2) is 0 Å². The number of benzene rings is 1. The largest absolute Gasteiger partial charge is 0.376 e. The molecular formula is C17H20ClNS. The van der Waals surface area contributed by atoms with Crippen LogP contribution >= 0.6 is 22.9 Å². The SMILES string of the molecule is Cc1cccc(Cl)c1NC(c1cccs1)C1CCCC1. The van der Waals surface area contributed by atoms with Gasteiger partial charge in [0.2, 0.25) is 0 Å². The number of rotatable bonds is 4. The minimum Gasteiger partial charge on any atom is -0.376 e. The minimum atomic E-state index is 0.399. The van der Waals surface area contributed by atoms with Crippen LogP contribution in [0, 0.1) is 12.8 Å². The summed E-state index contributed by atoms with van der Waals surface area (Å²) in [4.78, 5) is 1.43. The Labute approximate surface area is 130 Å². The summed E-state index contributed by atoms with van der Waals surface area (Å²) in [5.74, 6) is 0.726. The molecule has 0 bridgehead atoms. The molecule has 1 heterocycles. The number of thiophene rings is 1. The fourth-order valence-electron chi connectivity index (χ4n) is 3.15. The van der Waals surface area contributed by atoms with Crippen molar-refractivity contribution in [2.75, 3.05) is 5.32 Å². The molecule has 0 radical (unpaired) electrons. The third-order valence-corrected chi connectivity index (χ3v) is 5.51. The van der Waals surface area contributed by atoms with Crippen LogP contribution in [0.4, 0.5) is 5.69 Å². The molecule has 20 heavy (non-hydrogen) atoms. The lowest BCUT2D eigenvalue weighted by Gasteiger charge is -2.26. The third-order valence-electron chi connectivity index (χ3n) is 4.24. The van der Waals surface area contributed by atoms with Crippen molar-refractivity contribution in [2.45, 2.75) is 38.6 Å². The Morgan fingerprint density at radius 2 is 2.00 bits per heavy atom. The standard InChI is InChI=1S/C17H20ClNS/c1-12-6-4-9-14(18)16(12)19-17(13-7-2-3-8-13)15-10-5-11-20-15/h4-6,9-11,13,17,19H,2-3,7-8H2,1H3. The zero-order valence-corrected chi connectivity index (χ0v) is 13.3. The van der Waals surface area contributed by atoms with Gasteiger partial charge in [-0.2, -0.15) is 0 Å². The second-order valence-corrected chi connectivity index (χ2v) is 7.00. The molecule has 1 aliphatic carbocycles. The van der Waals surface area contributed by atoms with Gasteiger partial charge >= 0.3 is 0 Å². The number of hydrogen-bond donors (Lipinski definition) is 1. The predicted molar refractivity (Wildman–Crippen MR) is 88.8 cm³/mol. The molecule has 1 unspecified atom stereocenters. The normalized spacial score (nSPS) is 17.3. The molecule has 1 aromatic carbocycles. The van der Waals surface area contributed by atoms with Crippen LogP contribution in [0.2, 0.25) is 5.02 Å². The second-order valence-electron chi connectivity index (χ2n) is 5.61. The highest BCUT2D eigenvalue weighted by Crippen LogP contribution is 2.41. The zero-order chi connectivity index (χ0) is 13.9. The molecule has 1 aromatic heterocycles. The van der Waals surface area contributed by atoms with Crippen LogP contribution in [0.3, 0.4) is 0 Å². The molecule has 106 valence electrons. The van der Waals surface area contributed by atoms with E-state index in [9.17, 15) is 0 Å². The van der Waals surface area contributed by atoms with Crippen LogP contribution in [-0.4, -0.2) is 0 Å². The summed E-state index contributed by atoms with van der Waals surface area (Å²) in [5.41, 5.74) is 2.32. The molecule has 0 aliphatic heterocycles. The highest BCUT2D eigenvalue weighted by molar-refractivity contribution is 7.10. The van der Waals surface area contributed by atoms with Gasteiger partial charge in [0.1, 0.15) is 0 Å².